The molecule has 1 aromatic rings. The molecule has 1 amide bonds. The summed E-state index contributed by atoms with van der Waals surface area (Å²) < 4.78 is 1.00. The lowest BCUT2D eigenvalue weighted by Gasteiger charge is -2.16. The van der Waals surface area contributed by atoms with Crippen molar-refractivity contribution >= 4 is 34.5 Å². The number of aliphatic carboxylic acids is 1. The van der Waals surface area contributed by atoms with Crippen molar-refractivity contribution in [1.82, 2.24) is 5.32 Å². The first kappa shape index (κ1) is 15.9. The van der Waals surface area contributed by atoms with Gasteiger partial charge in [0.1, 0.15) is 6.04 Å². The van der Waals surface area contributed by atoms with Gasteiger partial charge in [-0.05, 0) is 40.1 Å². The number of nitrogens with one attached hydrogen (secondary N) is 1. The maximum atomic E-state index is 11.7. The molecule has 0 fully saturated rings. The van der Waals surface area contributed by atoms with Crippen molar-refractivity contribution in [3.05, 3.63) is 33.4 Å². The average Bonchev–Trinajstić information content (AvgIpc) is 2.29. The summed E-state index contributed by atoms with van der Waals surface area (Å²) in [5.41, 5.74) is 0.931. The number of benzene rings is 1. The molecule has 0 aliphatic carbocycles. The van der Waals surface area contributed by atoms with Crippen molar-refractivity contribution in [2.45, 2.75) is 32.7 Å². The van der Waals surface area contributed by atoms with E-state index in [1.807, 2.05) is 38.1 Å². The summed E-state index contributed by atoms with van der Waals surface area (Å²) in [6.45, 7) is 3.85. The summed E-state index contributed by atoms with van der Waals surface area (Å²) in [5, 5.41) is 11.8. The van der Waals surface area contributed by atoms with E-state index >= 15 is 0 Å². The minimum absolute atomic E-state index is 0.214. The first-order chi connectivity index (χ1) is 8.90. The second-order valence-corrected chi connectivity index (χ2v) is 6.01. The summed E-state index contributed by atoms with van der Waals surface area (Å²) in [6, 6.07) is 6.70. The zero-order valence-electron chi connectivity index (χ0n) is 11.0. The Labute approximate surface area is 126 Å². The van der Waals surface area contributed by atoms with Gasteiger partial charge in [-0.1, -0.05) is 32.0 Å². The van der Waals surface area contributed by atoms with Crippen molar-refractivity contribution in [2.24, 2.45) is 5.92 Å². The number of hydrogen-bond donors (Lipinski definition) is 2. The van der Waals surface area contributed by atoms with Crippen LogP contribution in [0.3, 0.4) is 0 Å². The van der Waals surface area contributed by atoms with E-state index in [4.69, 9.17) is 0 Å². The molecule has 0 unspecified atom stereocenters. The topological polar surface area (TPSA) is 66.4 Å². The van der Waals surface area contributed by atoms with Crippen molar-refractivity contribution < 1.29 is 14.7 Å². The lowest BCUT2D eigenvalue weighted by molar-refractivity contribution is -0.141. The van der Waals surface area contributed by atoms with E-state index in [1.54, 1.807) is 0 Å². The van der Waals surface area contributed by atoms with Crippen LogP contribution in [0.25, 0.3) is 0 Å². The van der Waals surface area contributed by atoms with E-state index in [-0.39, 0.29) is 11.8 Å². The molecule has 5 heteroatoms. The Bertz CT molecular complexity index is 460. The highest BCUT2D eigenvalue weighted by atomic mass is 127. The SMILES string of the molecule is CC(C)CC(=O)N[C@H](Cc1ccccc1I)C(=O)O. The fourth-order valence-electron chi connectivity index (χ4n) is 1.71. The zero-order chi connectivity index (χ0) is 14.4. The number of rotatable bonds is 6. The minimum Gasteiger partial charge on any atom is -0.480 e. The number of carbonyl (C=O) groups is 2. The summed E-state index contributed by atoms with van der Waals surface area (Å²) >= 11 is 2.17. The van der Waals surface area contributed by atoms with Gasteiger partial charge in [0.05, 0.1) is 0 Å². The lowest BCUT2D eigenvalue weighted by atomic mass is 10.0. The third kappa shape index (κ3) is 5.59. The van der Waals surface area contributed by atoms with Crippen molar-refractivity contribution in [1.29, 1.82) is 0 Å². The molecule has 0 spiro atoms. The second-order valence-electron chi connectivity index (χ2n) is 4.85. The average molecular weight is 375 g/mol. The predicted octanol–water partition coefficient (Wildman–Crippen LogP) is 2.45. The van der Waals surface area contributed by atoms with E-state index in [0.717, 1.165) is 9.13 Å². The van der Waals surface area contributed by atoms with Gasteiger partial charge in [-0.3, -0.25) is 4.79 Å². The van der Waals surface area contributed by atoms with Crippen LogP contribution >= 0.6 is 22.6 Å². The smallest absolute Gasteiger partial charge is 0.326 e. The van der Waals surface area contributed by atoms with E-state index in [1.165, 1.54) is 0 Å². The second kappa shape index (κ2) is 7.47. The van der Waals surface area contributed by atoms with Crippen LogP contribution < -0.4 is 5.32 Å². The highest BCUT2D eigenvalue weighted by Gasteiger charge is 2.21. The van der Waals surface area contributed by atoms with Gasteiger partial charge in [0.15, 0.2) is 0 Å². The normalized spacial score (nSPS) is 12.2. The highest BCUT2D eigenvalue weighted by molar-refractivity contribution is 14.1. The quantitative estimate of drug-likeness (QED) is 0.751. The number of carboxylic acids is 1. The summed E-state index contributed by atoms with van der Waals surface area (Å²) in [6.07, 6.45) is 0.647. The van der Waals surface area contributed by atoms with Crippen LogP contribution in [0.1, 0.15) is 25.8 Å². The molecule has 0 heterocycles. The molecule has 0 bridgehead atoms. The summed E-state index contributed by atoms with van der Waals surface area (Å²) in [5.74, 6) is -1.00. The van der Waals surface area contributed by atoms with Crippen LogP contribution in [0.15, 0.2) is 24.3 Å². The van der Waals surface area contributed by atoms with Gasteiger partial charge in [-0.25, -0.2) is 4.79 Å². The fraction of sp³-hybridized carbons (Fsp3) is 0.429. The molecular formula is C14H18INO3. The van der Waals surface area contributed by atoms with Crippen LogP contribution in [0.5, 0.6) is 0 Å². The maximum Gasteiger partial charge on any atom is 0.326 e. The summed E-state index contributed by atoms with van der Waals surface area (Å²) in [4.78, 5) is 22.9. The number of carboxylic acid groups (broad SMARTS) is 1. The molecule has 0 aliphatic rings. The molecular weight excluding hydrogens is 357 g/mol. The number of hydrogen-bond acceptors (Lipinski definition) is 2. The fourth-order valence-corrected chi connectivity index (χ4v) is 2.32. The Balaban J connectivity index is 2.71. The van der Waals surface area contributed by atoms with Crippen LogP contribution in [-0.2, 0) is 16.0 Å². The molecule has 104 valence electrons. The highest BCUT2D eigenvalue weighted by Crippen LogP contribution is 2.14. The third-order valence-electron chi connectivity index (χ3n) is 2.61. The Morgan fingerprint density at radius 3 is 2.47 bits per heavy atom. The van der Waals surface area contributed by atoms with Gasteiger partial charge in [-0.15, -0.1) is 0 Å². The molecule has 1 atom stereocenters. The zero-order valence-corrected chi connectivity index (χ0v) is 13.2. The standard InChI is InChI=1S/C14H18INO3/c1-9(2)7-13(17)16-12(14(18)19)8-10-5-3-4-6-11(10)15/h3-6,9,12H,7-8H2,1-2H3,(H,16,17)(H,18,19)/t12-/m1/s1. The van der Waals surface area contributed by atoms with E-state index in [2.05, 4.69) is 27.9 Å². The van der Waals surface area contributed by atoms with Crippen LogP contribution in [0.2, 0.25) is 0 Å². The van der Waals surface area contributed by atoms with Crippen molar-refractivity contribution in [2.75, 3.05) is 0 Å². The van der Waals surface area contributed by atoms with E-state index in [0.29, 0.717) is 12.8 Å². The minimum atomic E-state index is -1.00. The Hall–Kier alpha value is -1.11. The van der Waals surface area contributed by atoms with Crippen molar-refractivity contribution in [3.63, 3.8) is 0 Å². The van der Waals surface area contributed by atoms with Crippen LogP contribution in [-0.4, -0.2) is 23.0 Å². The third-order valence-corrected chi connectivity index (χ3v) is 3.66. The Morgan fingerprint density at radius 2 is 1.95 bits per heavy atom. The van der Waals surface area contributed by atoms with Gasteiger partial charge in [0.2, 0.25) is 5.91 Å². The molecule has 0 aromatic heterocycles. The van der Waals surface area contributed by atoms with Gasteiger partial charge in [0.25, 0.3) is 0 Å². The van der Waals surface area contributed by atoms with Gasteiger partial charge in [0, 0.05) is 16.4 Å². The largest absolute Gasteiger partial charge is 0.480 e. The van der Waals surface area contributed by atoms with E-state index in [9.17, 15) is 14.7 Å². The molecule has 4 nitrogen and oxygen atoms in total. The van der Waals surface area contributed by atoms with Crippen molar-refractivity contribution in [3.8, 4) is 0 Å². The molecule has 0 radical (unpaired) electrons. The van der Waals surface area contributed by atoms with Gasteiger partial charge < -0.3 is 10.4 Å². The Morgan fingerprint density at radius 1 is 1.32 bits per heavy atom. The maximum absolute atomic E-state index is 11.7. The van der Waals surface area contributed by atoms with E-state index < -0.39 is 12.0 Å². The monoisotopic (exact) mass is 375 g/mol. The molecule has 0 saturated carbocycles. The Kier molecular flexibility index (Phi) is 6.27. The number of carbonyl (C=O) groups excluding carboxylic acids is 1. The van der Waals surface area contributed by atoms with Gasteiger partial charge in [-0.2, -0.15) is 0 Å². The first-order valence-electron chi connectivity index (χ1n) is 6.15. The number of amides is 1. The molecule has 2 N–H and O–H groups in total. The number of halogens is 1. The lowest BCUT2D eigenvalue weighted by Crippen LogP contribution is -2.42. The molecule has 19 heavy (non-hydrogen) atoms. The molecule has 1 aromatic carbocycles. The first-order valence-corrected chi connectivity index (χ1v) is 7.23. The molecule has 0 aliphatic heterocycles. The molecule has 1 rings (SSSR count). The predicted molar refractivity (Wildman–Crippen MR) is 81.9 cm³/mol. The van der Waals surface area contributed by atoms with Crippen LogP contribution in [0, 0.1) is 9.49 Å². The molecule has 0 saturated heterocycles. The summed E-state index contributed by atoms with van der Waals surface area (Å²) in [7, 11) is 0. The van der Waals surface area contributed by atoms with Gasteiger partial charge >= 0.3 is 5.97 Å². The van der Waals surface area contributed by atoms with Crippen LogP contribution in [0.4, 0.5) is 0 Å².